The van der Waals surface area contributed by atoms with Crippen LogP contribution in [0.4, 0.5) is 0 Å². The van der Waals surface area contributed by atoms with Gasteiger partial charge in [-0.25, -0.2) is 5.06 Å². The molecule has 1 rings (SSSR count). The molecule has 0 spiro atoms. The van der Waals surface area contributed by atoms with Gasteiger partial charge in [0.1, 0.15) is 0 Å². The van der Waals surface area contributed by atoms with Crippen LogP contribution in [0.25, 0.3) is 0 Å². The van der Waals surface area contributed by atoms with E-state index in [0.29, 0.717) is 15.1 Å². The third kappa shape index (κ3) is 2.56. The predicted molar refractivity (Wildman–Crippen MR) is 60.3 cm³/mol. The van der Waals surface area contributed by atoms with Crippen molar-refractivity contribution in [3.05, 3.63) is 32.7 Å². The number of carbonyl (C=O) groups excluding carboxylic acids is 1. The van der Waals surface area contributed by atoms with E-state index in [4.69, 9.17) is 0 Å². The molecule has 0 atom stereocenters. The third-order valence-corrected chi connectivity index (χ3v) is 2.88. The van der Waals surface area contributed by atoms with Gasteiger partial charge in [-0.05, 0) is 41.1 Å². The van der Waals surface area contributed by atoms with E-state index in [1.54, 1.807) is 19.1 Å². The van der Waals surface area contributed by atoms with Crippen LogP contribution in [-0.4, -0.2) is 22.7 Å². The second-order valence-electron chi connectivity index (χ2n) is 2.65. The van der Waals surface area contributed by atoms with Gasteiger partial charge in [0, 0.05) is 15.5 Å². The van der Waals surface area contributed by atoms with E-state index >= 15 is 0 Å². The molecule has 0 heterocycles. The molecule has 0 saturated heterocycles. The molecule has 76 valence electrons. The minimum atomic E-state index is -0.416. The van der Waals surface area contributed by atoms with Crippen LogP contribution in [0.5, 0.6) is 0 Å². The van der Waals surface area contributed by atoms with Crippen LogP contribution in [0, 0.1) is 0 Å². The molecule has 1 aromatic carbocycles. The summed E-state index contributed by atoms with van der Waals surface area (Å²) in [6.07, 6.45) is 0. The molecule has 0 aliphatic heterocycles. The Morgan fingerprint density at radius 1 is 1.50 bits per heavy atom. The summed E-state index contributed by atoms with van der Waals surface area (Å²) in [4.78, 5) is 11.6. The Kier molecular flexibility index (Phi) is 4.10. The second-order valence-corrected chi connectivity index (χ2v) is 4.42. The number of amides is 1. The fraction of sp³-hybridized carbons (Fsp3) is 0.222. The lowest BCUT2D eigenvalue weighted by atomic mass is 10.2. The van der Waals surface area contributed by atoms with Crippen molar-refractivity contribution in [1.82, 2.24) is 5.06 Å². The summed E-state index contributed by atoms with van der Waals surface area (Å²) in [5.41, 5.74) is 0.434. The number of hydrogen-bond acceptors (Lipinski definition) is 2. The van der Waals surface area contributed by atoms with Crippen molar-refractivity contribution >= 4 is 37.8 Å². The van der Waals surface area contributed by atoms with Gasteiger partial charge in [-0.15, -0.1) is 0 Å². The molecule has 0 unspecified atom stereocenters. The van der Waals surface area contributed by atoms with Gasteiger partial charge in [-0.3, -0.25) is 10.0 Å². The van der Waals surface area contributed by atoms with Crippen molar-refractivity contribution in [1.29, 1.82) is 0 Å². The van der Waals surface area contributed by atoms with Gasteiger partial charge in [0.05, 0.1) is 5.56 Å². The average molecular weight is 323 g/mol. The first-order valence-electron chi connectivity index (χ1n) is 4.02. The first-order valence-corrected chi connectivity index (χ1v) is 5.60. The smallest absolute Gasteiger partial charge is 0.278 e. The summed E-state index contributed by atoms with van der Waals surface area (Å²) in [7, 11) is 0. The van der Waals surface area contributed by atoms with E-state index in [0.717, 1.165) is 4.47 Å². The molecule has 0 aliphatic rings. The molecular weight excluding hydrogens is 314 g/mol. The highest BCUT2D eigenvalue weighted by molar-refractivity contribution is 9.11. The Morgan fingerprint density at radius 3 is 2.71 bits per heavy atom. The highest BCUT2D eigenvalue weighted by Gasteiger charge is 2.15. The maximum Gasteiger partial charge on any atom is 0.278 e. The summed E-state index contributed by atoms with van der Waals surface area (Å²) in [6, 6.07) is 5.22. The van der Waals surface area contributed by atoms with E-state index in [1.165, 1.54) is 0 Å². The summed E-state index contributed by atoms with van der Waals surface area (Å²) in [6.45, 7) is 1.96. The molecule has 1 N–H and O–H groups in total. The Bertz CT molecular complexity index is 355. The van der Waals surface area contributed by atoms with Gasteiger partial charge < -0.3 is 0 Å². The van der Waals surface area contributed by atoms with Crippen molar-refractivity contribution < 1.29 is 10.0 Å². The van der Waals surface area contributed by atoms with Crippen LogP contribution in [-0.2, 0) is 0 Å². The standard InChI is InChI=1S/C9H9Br2NO2/c1-2-12(14)9(13)7-5-6(10)3-4-8(7)11/h3-5,14H,2H2,1H3. The van der Waals surface area contributed by atoms with Crippen LogP contribution in [0.3, 0.4) is 0 Å². The SMILES string of the molecule is CCN(O)C(=O)c1cc(Br)ccc1Br. The lowest BCUT2D eigenvalue weighted by Crippen LogP contribution is -2.27. The van der Waals surface area contributed by atoms with E-state index in [9.17, 15) is 10.0 Å². The molecule has 0 radical (unpaired) electrons. The molecule has 0 saturated carbocycles. The van der Waals surface area contributed by atoms with Crippen molar-refractivity contribution in [3.8, 4) is 0 Å². The van der Waals surface area contributed by atoms with Gasteiger partial charge in [0.15, 0.2) is 0 Å². The lowest BCUT2D eigenvalue weighted by Gasteiger charge is -2.13. The van der Waals surface area contributed by atoms with Crippen molar-refractivity contribution in [2.75, 3.05) is 6.54 Å². The highest BCUT2D eigenvalue weighted by atomic mass is 79.9. The quantitative estimate of drug-likeness (QED) is 0.671. The summed E-state index contributed by atoms with van der Waals surface area (Å²) in [5.74, 6) is -0.416. The Morgan fingerprint density at radius 2 is 2.14 bits per heavy atom. The van der Waals surface area contributed by atoms with Crippen LogP contribution in [0.2, 0.25) is 0 Å². The Labute approximate surface area is 98.9 Å². The molecular formula is C9H9Br2NO2. The van der Waals surface area contributed by atoms with Gasteiger partial charge in [-0.1, -0.05) is 15.9 Å². The third-order valence-electron chi connectivity index (χ3n) is 1.69. The molecule has 3 nitrogen and oxygen atoms in total. The fourth-order valence-corrected chi connectivity index (χ4v) is 1.72. The lowest BCUT2D eigenvalue weighted by molar-refractivity contribution is -0.0542. The molecule has 1 amide bonds. The van der Waals surface area contributed by atoms with Crippen LogP contribution < -0.4 is 0 Å². The fourth-order valence-electron chi connectivity index (χ4n) is 0.944. The van der Waals surface area contributed by atoms with Gasteiger partial charge >= 0.3 is 0 Å². The normalized spacial score (nSPS) is 10.0. The molecule has 14 heavy (non-hydrogen) atoms. The Balaban J connectivity index is 3.06. The van der Waals surface area contributed by atoms with Crippen LogP contribution in [0.1, 0.15) is 17.3 Å². The van der Waals surface area contributed by atoms with E-state index in [2.05, 4.69) is 31.9 Å². The van der Waals surface area contributed by atoms with Crippen molar-refractivity contribution in [2.45, 2.75) is 6.92 Å². The number of benzene rings is 1. The highest BCUT2D eigenvalue weighted by Crippen LogP contribution is 2.22. The number of halogens is 2. The number of hydroxylamine groups is 2. The van der Waals surface area contributed by atoms with Gasteiger partial charge in [0.25, 0.3) is 5.91 Å². The number of hydrogen-bond donors (Lipinski definition) is 1. The van der Waals surface area contributed by atoms with E-state index in [-0.39, 0.29) is 6.54 Å². The van der Waals surface area contributed by atoms with Crippen molar-refractivity contribution in [3.63, 3.8) is 0 Å². The largest absolute Gasteiger partial charge is 0.286 e. The minimum absolute atomic E-state index is 0.262. The minimum Gasteiger partial charge on any atom is -0.286 e. The van der Waals surface area contributed by atoms with Crippen LogP contribution in [0.15, 0.2) is 27.1 Å². The average Bonchev–Trinajstić information content (AvgIpc) is 2.19. The topological polar surface area (TPSA) is 40.5 Å². The number of carbonyl (C=O) groups is 1. The summed E-state index contributed by atoms with van der Waals surface area (Å²) in [5, 5.41) is 9.92. The van der Waals surface area contributed by atoms with Crippen LogP contribution >= 0.6 is 31.9 Å². The second kappa shape index (κ2) is 4.91. The molecule has 1 aromatic rings. The van der Waals surface area contributed by atoms with Crippen molar-refractivity contribution in [2.24, 2.45) is 0 Å². The monoisotopic (exact) mass is 321 g/mol. The zero-order valence-corrected chi connectivity index (χ0v) is 10.7. The maximum absolute atomic E-state index is 11.6. The first-order chi connectivity index (χ1) is 6.56. The predicted octanol–water partition coefficient (Wildman–Crippen LogP) is 3.06. The maximum atomic E-state index is 11.6. The Hall–Kier alpha value is -0.390. The molecule has 0 aromatic heterocycles. The summed E-state index contributed by atoms with van der Waals surface area (Å²) < 4.78 is 1.46. The van der Waals surface area contributed by atoms with Gasteiger partial charge in [0.2, 0.25) is 0 Å². The number of rotatable bonds is 2. The van der Waals surface area contributed by atoms with Gasteiger partial charge in [-0.2, -0.15) is 0 Å². The number of nitrogens with zero attached hydrogens (tertiary/aromatic N) is 1. The first kappa shape index (κ1) is 11.7. The zero-order valence-electron chi connectivity index (χ0n) is 7.50. The van der Waals surface area contributed by atoms with E-state index in [1.807, 2.05) is 6.07 Å². The molecule has 0 aliphatic carbocycles. The molecule has 0 fully saturated rings. The molecule has 5 heteroatoms. The summed E-state index contributed by atoms with van der Waals surface area (Å²) >= 11 is 6.51. The molecule has 0 bridgehead atoms. The zero-order chi connectivity index (χ0) is 10.7. The van der Waals surface area contributed by atoms with E-state index < -0.39 is 5.91 Å².